The van der Waals surface area contributed by atoms with Crippen LogP contribution < -0.4 is 10.6 Å². The van der Waals surface area contributed by atoms with E-state index in [2.05, 4.69) is 10.9 Å². The van der Waals surface area contributed by atoms with E-state index in [1.54, 1.807) is 16.2 Å². The van der Waals surface area contributed by atoms with Gasteiger partial charge in [0, 0.05) is 29.8 Å². The first-order valence-corrected chi connectivity index (χ1v) is 6.99. The lowest BCUT2D eigenvalue weighted by atomic mass is 9.99. The van der Waals surface area contributed by atoms with Crippen molar-refractivity contribution in [3.05, 3.63) is 10.6 Å². The maximum absolute atomic E-state index is 11.9. The minimum atomic E-state index is 0.0284. The van der Waals surface area contributed by atoms with Crippen molar-refractivity contribution >= 4 is 22.4 Å². The van der Waals surface area contributed by atoms with E-state index in [0.717, 1.165) is 30.1 Å². The quantitative estimate of drug-likeness (QED) is 0.766. The van der Waals surface area contributed by atoms with Gasteiger partial charge in [-0.15, -0.1) is 23.7 Å². The van der Waals surface area contributed by atoms with Gasteiger partial charge < -0.3 is 5.73 Å². The number of rotatable bonds is 1. The molecule has 2 atom stereocenters. The number of aromatic nitrogens is 1. The molecule has 0 aromatic carbocycles. The third-order valence-electron chi connectivity index (χ3n) is 3.56. The molecule has 1 aromatic rings. The zero-order chi connectivity index (χ0) is 12.7. The van der Waals surface area contributed by atoms with Crippen LogP contribution in [-0.4, -0.2) is 23.5 Å². The summed E-state index contributed by atoms with van der Waals surface area (Å²) in [7, 11) is 0. The number of terminal acetylenes is 1. The van der Waals surface area contributed by atoms with Crippen LogP contribution in [0.5, 0.6) is 0 Å². The van der Waals surface area contributed by atoms with Gasteiger partial charge in [-0.25, -0.2) is 4.98 Å². The first kappa shape index (κ1) is 11.7. The Bertz CT molecular complexity index is 531. The second-order valence-electron chi connectivity index (χ2n) is 4.94. The van der Waals surface area contributed by atoms with Gasteiger partial charge >= 0.3 is 0 Å². The molecule has 18 heavy (non-hydrogen) atoms. The Hall–Kier alpha value is -1.38. The molecule has 94 valence electrons. The zero-order valence-corrected chi connectivity index (χ0v) is 10.9. The second-order valence-corrected chi connectivity index (χ2v) is 6.00. The molecule has 1 fully saturated rings. The average Bonchev–Trinajstić information content (AvgIpc) is 2.91. The number of amides is 1. The standard InChI is InChI=1S/C13H15N3OS/c1-2-8-5-12(17)16(7-8)13-15-10-4-3-9(14)6-11(10)18-13/h1,8-9H,3-7,14H2/t8?,9-/m0/s1. The molecule has 1 saturated heterocycles. The minimum Gasteiger partial charge on any atom is -0.327 e. The van der Waals surface area contributed by atoms with Gasteiger partial charge in [-0.2, -0.15) is 0 Å². The van der Waals surface area contributed by atoms with Crippen molar-refractivity contribution in [2.24, 2.45) is 11.7 Å². The molecule has 0 radical (unpaired) electrons. The van der Waals surface area contributed by atoms with Crippen molar-refractivity contribution in [2.45, 2.75) is 31.7 Å². The first-order valence-electron chi connectivity index (χ1n) is 6.18. The highest BCUT2D eigenvalue weighted by atomic mass is 32.1. The summed E-state index contributed by atoms with van der Waals surface area (Å²) in [4.78, 5) is 19.5. The minimum absolute atomic E-state index is 0.0284. The number of anilines is 1. The van der Waals surface area contributed by atoms with Crippen molar-refractivity contribution in [3.63, 3.8) is 0 Å². The van der Waals surface area contributed by atoms with E-state index in [9.17, 15) is 4.79 Å². The topological polar surface area (TPSA) is 59.2 Å². The molecule has 1 unspecified atom stereocenters. The van der Waals surface area contributed by atoms with E-state index in [4.69, 9.17) is 12.2 Å². The van der Waals surface area contributed by atoms with E-state index in [1.165, 1.54) is 4.88 Å². The lowest BCUT2D eigenvalue weighted by molar-refractivity contribution is -0.117. The lowest BCUT2D eigenvalue weighted by Crippen LogP contribution is -2.27. The number of carbonyl (C=O) groups is 1. The van der Waals surface area contributed by atoms with Crippen LogP contribution in [0, 0.1) is 18.3 Å². The third-order valence-corrected chi connectivity index (χ3v) is 4.70. The van der Waals surface area contributed by atoms with E-state index < -0.39 is 0 Å². The van der Waals surface area contributed by atoms with Gasteiger partial charge in [-0.1, -0.05) is 0 Å². The fourth-order valence-corrected chi connectivity index (χ4v) is 3.73. The van der Waals surface area contributed by atoms with Gasteiger partial charge in [0.2, 0.25) is 5.91 Å². The Morgan fingerprint density at radius 1 is 1.50 bits per heavy atom. The van der Waals surface area contributed by atoms with Gasteiger partial charge in [-0.3, -0.25) is 9.69 Å². The van der Waals surface area contributed by atoms with Crippen LogP contribution in [-0.2, 0) is 17.6 Å². The second kappa shape index (κ2) is 4.38. The Kier molecular flexibility index (Phi) is 2.84. The smallest absolute Gasteiger partial charge is 0.230 e. The number of nitrogens with two attached hydrogens (primary N) is 1. The summed E-state index contributed by atoms with van der Waals surface area (Å²) in [6, 6.07) is 0.235. The van der Waals surface area contributed by atoms with Gasteiger partial charge in [0.1, 0.15) is 0 Å². The number of carbonyl (C=O) groups excluding carboxylic acids is 1. The molecule has 1 aliphatic heterocycles. The monoisotopic (exact) mass is 261 g/mol. The molecule has 3 rings (SSSR count). The summed E-state index contributed by atoms with van der Waals surface area (Å²) in [6.07, 6.45) is 8.62. The largest absolute Gasteiger partial charge is 0.327 e. The molecule has 0 saturated carbocycles. The molecule has 5 heteroatoms. The summed E-state index contributed by atoms with van der Waals surface area (Å²) < 4.78 is 0. The molecular weight excluding hydrogens is 246 g/mol. The highest BCUT2D eigenvalue weighted by Crippen LogP contribution is 2.34. The van der Waals surface area contributed by atoms with Crippen molar-refractivity contribution in [2.75, 3.05) is 11.4 Å². The van der Waals surface area contributed by atoms with Crippen LogP contribution in [0.25, 0.3) is 0 Å². The fraction of sp³-hybridized carbons (Fsp3) is 0.538. The van der Waals surface area contributed by atoms with Gasteiger partial charge in [0.25, 0.3) is 0 Å². The molecule has 4 nitrogen and oxygen atoms in total. The summed E-state index contributed by atoms with van der Waals surface area (Å²) in [5.74, 6) is 2.78. The molecule has 2 heterocycles. The molecule has 0 bridgehead atoms. The molecular formula is C13H15N3OS. The number of aryl methyl sites for hydroxylation is 1. The number of hydrogen-bond acceptors (Lipinski definition) is 4. The maximum atomic E-state index is 11.9. The predicted molar refractivity (Wildman–Crippen MR) is 71.4 cm³/mol. The van der Waals surface area contributed by atoms with Crippen LogP contribution in [0.3, 0.4) is 0 Å². The number of nitrogens with zero attached hydrogens (tertiary/aromatic N) is 2. The highest BCUT2D eigenvalue weighted by Gasteiger charge is 2.32. The van der Waals surface area contributed by atoms with Crippen LogP contribution >= 0.6 is 11.3 Å². The maximum Gasteiger partial charge on any atom is 0.230 e. The molecule has 0 spiro atoms. The summed E-state index contributed by atoms with van der Waals surface area (Å²) in [6.45, 7) is 0.605. The van der Waals surface area contributed by atoms with Gasteiger partial charge in [-0.05, 0) is 19.3 Å². The average molecular weight is 261 g/mol. The Morgan fingerprint density at radius 2 is 2.33 bits per heavy atom. The van der Waals surface area contributed by atoms with E-state index in [1.807, 2.05) is 0 Å². The number of thiazole rings is 1. The SMILES string of the molecule is C#CC1CC(=O)N(c2nc3c(s2)C[C@@H](N)CC3)C1. The van der Waals surface area contributed by atoms with Crippen molar-refractivity contribution in [1.82, 2.24) is 4.98 Å². The molecule has 2 N–H and O–H groups in total. The number of fused-ring (bicyclic) bond motifs is 1. The summed E-state index contributed by atoms with van der Waals surface area (Å²) >= 11 is 1.60. The van der Waals surface area contributed by atoms with Crippen LogP contribution in [0.15, 0.2) is 0 Å². The van der Waals surface area contributed by atoms with Crippen LogP contribution in [0.1, 0.15) is 23.4 Å². The third kappa shape index (κ3) is 1.92. The van der Waals surface area contributed by atoms with Crippen LogP contribution in [0.4, 0.5) is 5.13 Å². The van der Waals surface area contributed by atoms with Crippen molar-refractivity contribution < 1.29 is 4.79 Å². The Balaban J connectivity index is 1.86. The molecule has 2 aliphatic rings. The first-order chi connectivity index (χ1) is 8.67. The van der Waals surface area contributed by atoms with E-state index in [0.29, 0.717) is 13.0 Å². The van der Waals surface area contributed by atoms with E-state index >= 15 is 0 Å². The normalized spacial score (nSPS) is 27.1. The fourth-order valence-electron chi connectivity index (χ4n) is 2.51. The molecule has 1 aliphatic carbocycles. The zero-order valence-electron chi connectivity index (χ0n) is 10.1. The van der Waals surface area contributed by atoms with Gasteiger partial charge in [0.15, 0.2) is 5.13 Å². The molecule has 1 aromatic heterocycles. The summed E-state index contributed by atoms with van der Waals surface area (Å²) in [5, 5.41) is 0.803. The Morgan fingerprint density at radius 3 is 3.06 bits per heavy atom. The van der Waals surface area contributed by atoms with Crippen LogP contribution in [0.2, 0.25) is 0 Å². The lowest BCUT2D eigenvalue weighted by Gasteiger charge is -2.15. The van der Waals surface area contributed by atoms with Crippen molar-refractivity contribution in [3.8, 4) is 12.3 Å². The highest BCUT2D eigenvalue weighted by molar-refractivity contribution is 7.16. The molecule has 1 amide bonds. The Labute approximate surface area is 110 Å². The summed E-state index contributed by atoms with van der Waals surface area (Å²) in [5.41, 5.74) is 7.07. The van der Waals surface area contributed by atoms with E-state index in [-0.39, 0.29) is 17.9 Å². The number of hydrogen-bond donors (Lipinski definition) is 1. The van der Waals surface area contributed by atoms with Gasteiger partial charge in [0.05, 0.1) is 5.69 Å². The van der Waals surface area contributed by atoms with Crippen molar-refractivity contribution in [1.29, 1.82) is 0 Å². The predicted octanol–water partition coefficient (Wildman–Crippen LogP) is 0.945.